The van der Waals surface area contributed by atoms with Gasteiger partial charge in [0.1, 0.15) is 11.8 Å². The van der Waals surface area contributed by atoms with Crippen LogP contribution in [0.25, 0.3) is 0 Å². The van der Waals surface area contributed by atoms with Crippen molar-refractivity contribution in [1.29, 1.82) is 5.26 Å². The lowest BCUT2D eigenvalue weighted by molar-refractivity contribution is 0.196. The Labute approximate surface area is 81.4 Å². The Morgan fingerprint density at radius 1 is 1.71 bits per heavy atom. The van der Waals surface area contributed by atoms with Gasteiger partial charge in [0.25, 0.3) is 0 Å². The van der Waals surface area contributed by atoms with Gasteiger partial charge < -0.3 is 16.2 Å². The van der Waals surface area contributed by atoms with E-state index in [1.807, 2.05) is 6.07 Å². The molecular formula is C8H11N5O. The van der Waals surface area contributed by atoms with E-state index >= 15 is 0 Å². The van der Waals surface area contributed by atoms with Crippen molar-refractivity contribution < 1.29 is 5.11 Å². The number of aliphatic hydroxyl groups is 1. The molecule has 0 spiro atoms. The van der Waals surface area contributed by atoms with Crippen molar-refractivity contribution in [3.8, 4) is 6.07 Å². The summed E-state index contributed by atoms with van der Waals surface area (Å²) in [4.78, 5) is 7.73. The molecule has 1 unspecified atom stereocenters. The van der Waals surface area contributed by atoms with Gasteiger partial charge in [-0.25, -0.2) is 9.97 Å². The van der Waals surface area contributed by atoms with Gasteiger partial charge in [0, 0.05) is 19.3 Å². The number of nitrogens with one attached hydrogen (secondary N) is 1. The second kappa shape index (κ2) is 5.11. The van der Waals surface area contributed by atoms with E-state index in [1.54, 1.807) is 0 Å². The van der Waals surface area contributed by atoms with Gasteiger partial charge >= 0.3 is 0 Å². The van der Waals surface area contributed by atoms with E-state index in [-0.39, 0.29) is 18.8 Å². The number of aliphatic hydroxyl groups excluding tert-OH is 1. The zero-order chi connectivity index (χ0) is 10.4. The summed E-state index contributed by atoms with van der Waals surface area (Å²) in [5, 5.41) is 20.5. The monoisotopic (exact) mass is 193 g/mol. The van der Waals surface area contributed by atoms with Crippen LogP contribution in [0.2, 0.25) is 0 Å². The molecule has 0 amide bonds. The highest BCUT2D eigenvalue weighted by Crippen LogP contribution is 1.98. The molecule has 0 aliphatic carbocycles. The molecule has 0 radical (unpaired) electrons. The number of nitrogens with zero attached hydrogens (tertiary/aromatic N) is 3. The molecule has 0 aromatic carbocycles. The molecule has 1 rings (SSSR count). The second-order valence-electron chi connectivity index (χ2n) is 2.65. The van der Waals surface area contributed by atoms with Crippen molar-refractivity contribution in [1.82, 2.24) is 9.97 Å². The van der Waals surface area contributed by atoms with E-state index in [1.165, 1.54) is 12.3 Å². The topological polar surface area (TPSA) is 108 Å². The highest BCUT2D eigenvalue weighted by Gasteiger charge is 2.02. The minimum absolute atomic E-state index is 0.172. The average molecular weight is 193 g/mol. The third kappa shape index (κ3) is 2.97. The fraction of sp³-hybridized carbons (Fsp3) is 0.375. The second-order valence-corrected chi connectivity index (χ2v) is 2.65. The summed E-state index contributed by atoms with van der Waals surface area (Å²) in [6.07, 6.45) is 0.840. The number of hydrogen-bond acceptors (Lipinski definition) is 6. The number of rotatable bonds is 4. The van der Waals surface area contributed by atoms with Crippen LogP contribution in [0.1, 0.15) is 5.69 Å². The lowest BCUT2D eigenvalue weighted by Gasteiger charge is -2.08. The molecule has 0 aliphatic heterocycles. The molecule has 0 saturated heterocycles. The largest absolute Gasteiger partial charge is 0.390 e. The third-order valence-electron chi connectivity index (χ3n) is 1.54. The van der Waals surface area contributed by atoms with Crippen LogP contribution in [-0.4, -0.2) is 34.3 Å². The lowest BCUT2D eigenvalue weighted by atomic mass is 10.3. The van der Waals surface area contributed by atoms with Crippen LogP contribution < -0.4 is 11.1 Å². The van der Waals surface area contributed by atoms with E-state index in [4.69, 9.17) is 16.1 Å². The molecule has 74 valence electrons. The number of anilines is 1. The number of nitrogens with two attached hydrogens (primary N) is 1. The molecule has 0 aliphatic rings. The molecule has 6 heteroatoms. The Morgan fingerprint density at radius 3 is 3.14 bits per heavy atom. The zero-order valence-electron chi connectivity index (χ0n) is 7.51. The molecule has 4 N–H and O–H groups in total. The summed E-state index contributed by atoms with van der Waals surface area (Å²) in [6, 6.07) is 3.40. The van der Waals surface area contributed by atoms with Crippen LogP contribution >= 0.6 is 0 Å². The normalized spacial score (nSPS) is 11.8. The fourth-order valence-corrected chi connectivity index (χ4v) is 0.799. The lowest BCUT2D eigenvalue weighted by Crippen LogP contribution is -2.28. The Morgan fingerprint density at radius 2 is 2.50 bits per heavy atom. The van der Waals surface area contributed by atoms with E-state index in [0.29, 0.717) is 5.95 Å². The predicted octanol–water partition coefficient (Wildman–Crippen LogP) is -0.920. The van der Waals surface area contributed by atoms with Crippen molar-refractivity contribution in [2.45, 2.75) is 6.10 Å². The van der Waals surface area contributed by atoms with Gasteiger partial charge in [-0.05, 0) is 6.07 Å². The summed E-state index contributed by atoms with van der Waals surface area (Å²) in [5.41, 5.74) is 5.49. The van der Waals surface area contributed by atoms with Crippen LogP contribution in [0.15, 0.2) is 12.3 Å². The van der Waals surface area contributed by atoms with E-state index in [0.717, 1.165) is 0 Å². The highest BCUT2D eigenvalue weighted by molar-refractivity contribution is 5.29. The van der Waals surface area contributed by atoms with E-state index in [9.17, 15) is 0 Å². The summed E-state index contributed by atoms with van der Waals surface area (Å²) in [5.74, 6) is 0.316. The smallest absolute Gasteiger partial charge is 0.223 e. The molecule has 1 heterocycles. The first-order chi connectivity index (χ1) is 6.76. The SMILES string of the molecule is N#Cc1ccnc(NCC(O)CN)n1. The quantitative estimate of drug-likeness (QED) is 0.570. The van der Waals surface area contributed by atoms with Gasteiger partial charge in [-0.1, -0.05) is 0 Å². The minimum atomic E-state index is -0.635. The summed E-state index contributed by atoms with van der Waals surface area (Å²) in [6.45, 7) is 0.441. The summed E-state index contributed by atoms with van der Waals surface area (Å²) < 4.78 is 0. The number of aromatic nitrogens is 2. The highest BCUT2D eigenvalue weighted by atomic mass is 16.3. The van der Waals surface area contributed by atoms with Crippen LogP contribution in [0, 0.1) is 11.3 Å². The molecule has 1 atom stereocenters. The average Bonchev–Trinajstić information content (AvgIpc) is 2.26. The maximum Gasteiger partial charge on any atom is 0.223 e. The minimum Gasteiger partial charge on any atom is -0.390 e. The van der Waals surface area contributed by atoms with Gasteiger partial charge in [0.2, 0.25) is 5.95 Å². The van der Waals surface area contributed by atoms with Gasteiger partial charge in [-0.3, -0.25) is 0 Å². The van der Waals surface area contributed by atoms with Gasteiger partial charge in [-0.15, -0.1) is 0 Å². The van der Waals surface area contributed by atoms with Crippen molar-refractivity contribution in [3.05, 3.63) is 18.0 Å². The Hall–Kier alpha value is -1.71. The van der Waals surface area contributed by atoms with Crippen molar-refractivity contribution in [2.75, 3.05) is 18.4 Å². The first-order valence-corrected chi connectivity index (χ1v) is 4.11. The first-order valence-electron chi connectivity index (χ1n) is 4.11. The number of hydrogen-bond donors (Lipinski definition) is 3. The predicted molar refractivity (Wildman–Crippen MR) is 50.3 cm³/mol. The maximum absolute atomic E-state index is 9.14. The molecule has 0 bridgehead atoms. The van der Waals surface area contributed by atoms with Crippen LogP contribution in [0.3, 0.4) is 0 Å². The zero-order valence-corrected chi connectivity index (χ0v) is 7.51. The van der Waals surface area contributed by atoms with Crippen molar-refractivity contribution >= 4 is 5.95 Å². The summed E-state index contributed by atoms with van der Waals surface area (Å²) in [7, 11) is 0. The Kier molecular flexibility index (Phi) is 3.79. The Bertz CT molecular complexity index is 335. The van der Waals surface area contributed by atoms with E-state index < -0.39 is 6.10 Å². The van der Waals surface area contributed by atoms with Gasteiger partial charge in [0.05, 0.1) is 6.10 Å². The first kappa shape index (κ1) is 10.4. The van der Waals surface area contributed by atoms with Crippen LogP contribution in [-0.2, 0) is 0 Å². The molecule has 14 heavy (non-hydrogen) atoms. The Balaban J connectivity index is 2.55. The van der Waals surface area contributed by atoms with Gasteiger partial charge in [-0.2, -0.15) is 5.26 Å². The van der Waals surface area contributed by atoms with E-state index in [2.05, 4.69) is 15.3 Å². The molecule has 0 fully saturated rings. The third-order valence-corrected chi connectivity index (χ3v) is 1.54. The molecule has 6 nitrogen and oxygen atoms in total. The van der Waals surface area contributed by atoms with Crippen LogP contribution in [0.5, 0.6) is 0 Å². The van der Waals surface area contributed by atoms with Crippen LogP contribution in [0.4, 0.5) is 5.95 Å². The van der Waals surface area contributed by atoms with Gasteiger partial charge in [0.15, 0.2) is 0 Å². The molecule has 0 saturated carbocycles. The molecular weight excluding hydrogens is 182 g/mol. The van der Waals surface area contributed by atoms with Crippen molar-refractivity contribution in [2.24, 2.45) is 5.73 Å². The molecule has 1 aromatic heterocycles. The van der Waals surface area contributed by atoms with Crippen molar-refractivity contribution in [3.63, 3.8) is 0 Å². The number of nitriles is 1. The summed E-state index contributed by atoms with van der Waals surface area (Å²) >= 11 is 0. The molecule has 1 aromatic rings. The standard InChI is InChI=1S/C8H11N5O/c9-3-6-1-2-11-8(13-6)12-5-7(14)4-10/h1-2,7,14H,4-5,10H2,(H,11,12,13). The fourth-order valence-electron chi connectivity index (χ4n) is 0.799. The maximum atomic E-state index is 9.14.